The molecular formula is C65H70BN3O. The predicted molar refractivity (Wildman–Crippen MR) is 301 cm³/mol. The molecule has 0 saturated heterocycles. The number of anilines is 9. The lowest BCUT2D eigenvalue weighted by Gasteiger charge is -2.44. The van der Waals surface area contributed by atoms with E-state index in [1.807, 2.05) is 0 Å². The van der Waals surface area contributed by atoms with E-state index in [1.165, 1.54) is 66.5 Å². The van der Waals surface area contributed by atoms with Crippen LogP contribution in [0.3, 0.4) is 0 Å². The summed E-state index contributed by atoms with van der Waals surface area (Å²) in [5.41, 5.74) is 21.8. The number of hydrogen-bond donors (Lipinski definition) is 0. The molecule has 354 valence electrons. The standard InChI is InChI=1S/C65H70BN3O/c1-41-35-43(62(5,6)7)27-31-53(41)69-56-38-48(67(45-21-17-15-18-22-45)46-23-19-16-20-24-46)37-55-59(56)66(58-49-39-50-51(40-57(49)70-60(58)69)65(13,14)34-33-64(50,11)12)52-36-44(63(8,9)10)28-32-54(52)68(55)47-29-25-42(26-30-47)61(2,3)4/h15-32,35-40H,33-34H2,1-14H3. The maximum atomic E-state index is 7.63. The molecule has 5 heteroatoms. The lowest BCUT2D eigenvalue weighted by atomic mass is 9.33. The van der Waals surface area contributed by atoms with E-state index in [1.54, 1.807) is 0 Å². The summed E-state index contributed by atoms with van der Waals surface area (Å²) in [5.74, 6) is 0.904. The number of rotatable bonds is 5. The maximum absolute atomic E-state index is 7.63. The summed E-state index contributed by atoms with van der Waals surface area (Å²) in [6.45, 7) is 32.7. The molecule has 11 rings (SSSR count). The van der Waals surface area contributed by atoms with Crippen molar-refractivity contribution in [3.05, 3.63) is 179 Å². The van der Waals surface area contributed by atoms with E-state index in [4.69, 9.17) is 4.42 Å². The molecular weight excluding hydrogens is 850 g/mol. The first kappa shape index (κ1) is 46.0. The van der Waals surface area contributed by atoms with Crippen LogP contribution in [0.1, 0.15) is 136 Å². The van der Waals surface area contributed by atoms with Crippen molar-refractivity contribution in [3.63, 3.8) is 0 Å². The Morgan fingerprint density at radius 1 is 0.486 bits per heavy atom. The summed E-state index contributed by atoms with van der Waals surface area (Å²) in [4.78, 5) is 7.49. The molecule has 0 unspecified atom stereocenters. The van der Waals surface area contributed by atoms with Crippen LogP contribution >= 0.6 is 0 Å². The highest BCUT2D eigenvalue weighted by Gasteiger charge is 2.48. The number of benzene rings is 7. The Kier molecular flexibility index (Phi) is 10.4. The molecule has 2 aliphatic heterocycles. The molecule has 3 aliphatic rings. The van der Waals surface area contributed by atoms with Crippen LogP contribution in [0.25, 0.3) is 11.0 Å². The van der Waals surface area contributed by atoms with Gasteiger partial charge in [-0.05, 0) is 164 Å². The molecule has 8 aromatic rings. The fourth-order valence-corrected chi connectivity index (χ4v) is 11.8. The number of hydrogen-bond acceptors (Lipinski definition) is 4. The van der Waals surface area contributed by atoms with Crippen molar-refractivity contribution >= 4 is 85.5 Å². The third kappa shape index (κ3) is 7.41. The van der Waals surface area contributed by atoms with Crippen molar-refractivity contribution < 1.29 is 4.42 Å². The predicted octanol–water partition coefficient (Wildman–Crippen LogP) is 16.5. The molecule has 4 nitrogen and oxygen atoms in total. The second-order valence-corrected chi connectivity index (χ2v) is 25.1. The quantitative estimate of drug-likeness (QED) is 0.160. The molecule has 0 saturated carbocycles. The van der Waals surface area contributed by atoms with Crippen molar-refractivity contribution in [2.45, 2.75) is 137 Å². The number of aryl methyl sites for hydroxylation is 1. The molecule has 3 heterocycles. The van der Waals surface area contributed by atoms with Crippen molar-refractivity contribution in [2.75, 3.05) is 14.7 Å². The second-order valence-electron chi connectivity index (χ2n) is 25.1. The molecule has 0 atom stereocenters. The van der Waals surface area contributed by atoms with Gasteiger partial charge in [0.05, 0.1) is 11.4 Å². The molecule has 0 amide bonds. The van der Waals surface area contributed by atoms with Gasteiger partial charge in [0.2, 0.25) is 5.88 Å². The minimum Gasteiger partial charge on any atom is -0.440 e. The summed E-state index contributed by atoms with van der Waals surface area (Å²) in [6, 6.07) is 55.4. The van der Waals surface area contributed by atoms with E-state index in [9.17, 15) is 0 Å². The Morgan fingerprint density at radius 3 is 1.53 bits per heavy atom. The summed E-state index contributed by atoms with van der Waals surface area (Å²) in [7, 11) is 0. The van der Waals surface area contributed by atoms with Crippen LogP contribution < -0.4 is 31.1 Å². The number of para-hydroxylation sites is 2. The van der Waals surface area contributed by atoms with Gasteiger partial charge in [0.1, 0.15) is 5.58 Å². The minimum absolute atomic E-state index is 0.0120. The Labute approximate surface area is 418 Å². The summed E-state index contributed by atoms with van der Waals surface area (Å²) in [6.07, 6.45) is 2.28. The Hall–Kier alpha value is -6.46. The molecule has 1 aliphatic carbocycles. The highest BCUT2D eigenvalue weighted by Crippen LogP contribution is 2.53. The third-order valence-corrected chi connectivity index (χ3v) is 16.1. The lowest BCUT2D eigenvalue weighted by Crippen LogP contribution is -2.61. The minimum atomic E-state index is -0.122. The van der Waals surface area contributed by atoms with Gasteiger partial charge in [-0.1, -0.05) is 163 Å². The van der Waals surface area contributed by atoms with Gasteiger partial charge in [-0.25, -0.2) is 0 Å². The number of nitrogens with zero attached hydrogens (tertiary/aromatic N) is 3. The fourth-order valence-electron chi connectivity index (χ4n) is 11.8. The van der Waals surface area contributed by atoms with E-state index in [2.05, 4.69) is 257 Å². The van der Waals surface area contributed by atoms with Gasteiger partial charge in [0.25, 0.3) is 6.71 Å². The van der Waals surface area contributed by atoms with Crippen molar-refractivity contribution in [1.82, 2.24) is 0 Å². The van der Waals surface area contributed by atoms with Gasteiger partial charge in [-0.3, -0.25) is 4.90 Å². The summed E-state index contributed by atoms with van der Waals surface area (Å²) < 4.78 is 7.63. The largest absolute Gasteiger partial charge is 0.440 e. The molecule has 0 bridgehead atoms. The SMILES string of the molecule is Cc1cc(C(C)(C)C)ccc1N1c2cc(N(c3ccccc3)c3ccccc3)cc3c2B(c2cc(C(C)(C)C)ccc2N3c2ccc(C(C)(C)C)cc2)c2c1oc1cc3c(cc21)C(C)(C)CCC3(C)C. The van der Waals surface area contributed by atoms with Crippen LogP contribution in [0.2, 0.25) is 0 Å². The molecule has 0 radical (unpaired) electrons. The van der Waals surface area contributed by atoms with Gasteiger partial charge < -0.3 is 14.2 Å². The van der Waals surface area contributed by atoms with E-state index in [-0.39, 0.29) is 33.8 Å². The van der Waals surface area contributed by atoms with E-state index >= 15 is 0 Å². The van der Waals surface area contributed by atoms with Gasteiger partial charge in [-0.2, -0.15) is 0 Å². The molecule has 7 aromatic carbocycles. The highest BCUT2D eigenvalue weighted by molar-refractivity contribution is 7.01. The normalized spacial score (nSPS) is 15.9. The zero-order valence-electron chi connectivity index (χ0n) is 44.1. The fraction of sp³-hybridized carbons (Fsp3) is 0.323. The maximum Gasteiger partial charge on any atom is 0.257 e. The van der Waals surface area contributed by atoms with Gasteiger partial charge in [0.15, 0.2) is 0 Å². The molecule has 0 spiro atoms. The Morgan fingerprint density at radius 2 is 0.986 bits per heavy atom. The van der Waals surface area contributed by atoms with Crippen molar-refractivity contribution in [3.8, 4) is 0 Å². The van der Waals surface area contributed by atoms with E-state index in [0.29, 0.717) is 0 Å². The molecule has 0 N–H and O–H groups in total. The van der Waals surface area contributed by atoms with Gasteiger partial charge >= 0.3 is 0 Å². The van der Waals surface area contributed by atoms with Crippen LogP contribution in [0, 0.1) is 6.92 Å². The molecule has 1 aromatic heterocycles. The average molecular weight is 920 g/mol. The first-order chi connectivity index (χ1) is 33.0. The van der Waals surface area contributed by atoms with Gasteiger partial charge in [0, 0.05) is 45.0 Å². The smallest absolute Gasteiger partial charge is 0.257 e. The van der Waals surface area contributed by atoms with E-state index in [0.717, 1.165) is 58.4 Å². The van der Waals surface area contributed by atoms with Crippen molar-refractivity contribution in [2.24, 2.45) is 0 Å². The summed E-state index contributed by atoms with van der Waals surface area (Å²) in [5, 5.41) is 1.21. The third-order valence-electron chi connectivity index (χ3n) is 16.1. The molecule has 0 fully saturated rings. The monoisotopic (exact) mass is 920 g/mol. The first-order valence-corrected chi connectivity index (χ1v) is 25.7. The van der Waals surface area contributed by atoms with Crippen LogP contribution in [-0.4, -0.2) is 6.71 Å². The van der Waals surface area contributed by atoms with Crippen LogP contribution in [0.4, 0.5) is 51.4 Å². The number of furan rings is 1. The van der Waals surface area contributed by atoms with Crippen LogP contribution in [-0.2, 0) is 27.1 Å². The Bertz CT molecular complexity index is 3300. The second kappa shape index (κ2) is 15.8. The zero-order chi connectivity index (χ0) is 49.4. The topological polar surface area (TPSA) is 22.9 Å². The molecule has 70 heavy (non-hydrogen) atoms. The van der Waals surface area contributed by atoms with Gasteiger partial charge in [-0.15, -0.1) is 0 Å². The van der Waals surface area contributed by atoms with Crippen LogP contribution in [0.5, 0.6) is 0 Å². The highest BCUT2D eigenvalue weighted by atomic mass is 16.4. The first-order valence-electron chi connectivity index (χ1n) is 25.7. The average Bonchev–Trinajstić information content (AvgIpc) is 3.68. The Balaban J connectivity index is 1.31. The van der Waals surface area contributed by atoms with E-state index < -0.39 is 0 Å². The van der Waals surface area contributed by atoms with Crippen LogP contribution in [0.15, 0.2) is 150 Å². The number of fused-ring (bicyclic) bond motifs is 7. The van der Waals surface area contributed by atoms with Crippen molar-refractivity contribution in [1.29, 1.82) is 0 Å². The summed E-state index contributed by atoms with van der Waals surface area (Å²) >= 11 is 0. The lowest BCUT2D eigenvalue weighted by molar-refractivity contribution is 0.332. The zero-order valence-corrected chi connectivity index (χ0v) is 44.1.